The Bertz CT molecular complexity index is 672. The van der Waals surface area contributed by atoms with E-state index >= 15 is 0 Å². The summed E-state index contributed by atoms with van der Waals surface area (Å²) in [6, 6.07) is 9.46. The number of ketones is 1. The van der Waals surface area contributed by atoms with Gasteiger partial charge in [-0.15, -0.1) is 0 Å². The predicted molar refractivity (Wildman–Crippen MR) is 88.8 cm³/mol. The zero-order valence-electron chi connectivity index (χ0n) is 13.7. The van der Waals surface area contributed by atoms with Crippen LogP contribution in [0.25, 0.3) is 6.08 Å². The number of rotatable bonds is 5. The molecule has 0 spiro atoms. The molecule has 1 aromatic rings. The van der Waals surface area contributed by atoms with E-state index in [1.165, 1.54) is 20.3 Å². The molecule has 2 atom stereocenters. The molecule has 0 aromatic heterocycles. The lowest BCUT2D eigenvalue weighted by atomic mass is 9.78. The maximum Gasteiger partial charge on any atom is 0.309 e. The van der Waals surface area contributed by atoms with Gasteiger partial charge in [0.05, 0.1) is 26.1 Å². The van der Waals surface area contributed by atoms with Gasteiger partial charge >= 0.3 is 11.9 Å². The lowest BCUT2D eigenvalue weighted by Crippen LogP contribution is -2.34. The molecule has 1 aliphatic rings. The van der Waals surface area contributed by atoms with Gasteiger partial charge in [0, 0.05) is 0 Å². The van der Waals surface area contributed by atoms with Crippen LogP contribution >= 0.6 is 0 Å². The molecule has 0 amide bonds. The monoisotopic (exact) mass is 328 g/mol. The van der Waals surface area contributed by atoms with Gasteiger partial charge < -0.3 is 9.47 Å². The molecule has 1 aliphatic carbocycles. The van der Waals surface area contributed by atoms with E-state index in [0.29, 0.717) is 5.57 Å². The first kappa shape index (κ1) is 17.7. The molecule has 5 nitrogen and oxygen atoms in total. The van der Waals surface area contributed by atoms with Gasteiger partial charge in [-0.1, -0.05) is 42.5 Å². The third-order valence-electron chi connectivity index (χ3n) is 4.09. The Morgan fingerprint density at radius 3 is 2.25 bits per heavy atom. The van der Waals surface area contributed by atoms with Crippen LogP contribution in [0.3, 0.4) is 0 Å². The first-order chi connectivity index (χ1) is 11.6. The summed E-state index contributed by atoms with van der Waals surface area (Å²) in [5, 5.41) is 0. The first-order valence-electron chi connectivity index (χ1n) is 7.69. The van der Waals surface area contributed by atoms with Gasteiger partial charge in [0.1, 0.15) is 0 Å². The Morgan fingerprint density at radius 2 is 1.62 bits per heavy atom. The Morgan fingerprint density at radius 1 is 1.00 bits per heavy atom. The van der Waals surface area contributed by atoms with Gasteiger partial charge in [0.25, 0.3) is 0 Å². The minimum atomic E-state index is -0.698. The van der Waals surface area contributed by atoms with Crippen LogP contribution in [-0.2, 0) is 23.9 Å². The Balaban J connectivity index is 2.14. The van der Waals surface area contributed by atoms with Crippen LogP contribution in [0.1, 0.15) is 18.4 Å². The van der Waals surface area contributed by atoms with Gasteiger partial charge in [0.2, 0.25) is 0 Å². The van der Waals surface area contributed by atoms with Crippen molar-refractivity contribution in [1.82, 2.24) is 0 Å². The maximum atomic E-state index is 12.4. The third-order valence-corrected chi connectivity index (χ3v) is 4.09. The molecular formula is C19H20O5. The van der Waals surface area contributed by atoms with E-state index < -0.39 is 23.8 Å². The quantitative estimate of drug-likeness (QED) is 0.614. The van der Waals surface area contributed by atoms with Crippen LogP contribution in [0, 0.1) is 11.8 Å². The molecule has 0 saturated heterocycles. The zero-order valence-corrected chi connectivity index (χ0v) is 13.7. The van der Waals surface area contributed by atoms with E-state index in [1.807, 2.05) is 30.3 Å². The summed E-state index contributed by atoms with van der Waals surface area (Å²) in [4.78, 5) is 36.1. The molecule has 0 saturated carbocycles. The lowest BCUT2D eigenvalue weighted by molar-refractivity contribution is -0.157. The fourth-order valence-electron chi connectivity index (χ4n) is 2.75. The number of methoxy groups -OCH3 is 2. The van der Waals surface area contributed by atoms with E-state index in [1.54, 1.807) is 12.2 Å². The van der Waals surface area contributed by atoms with Crippen LogP contribution < -0.4 is 0 Å². The molecule has 24 heavy (non-hydrogen) atoms. The highest BCUT2D eigenvalue weighted by molar-refractivity contribution is 6.07. The largest absolute Gasteiger partial charge is 0.469 e. The van der Waals surface area contributed by atoms with Crippen molar-refractivity contribution in [2.75, 3.05) is 14.2 Å². The van der Waals surface area contributed by atoms with Gasteiger partial charge in [-0.3, -0.25) is 14.4 Å². The highest BCUT2D eigenvalue weighted by Crippen LogP contribution is 2.32. The summed E-state index contributed by atoms with van der Waals surface area (Å²) in [7, 11) is 2.55. The molecule has 0 heterocycles. The number of esters is 2. The molecule has 0 radical (unpaired) electrons. The second kappa shape index (κ2) is 8.24. The van der Waals surface area contributed by atoms with Crippen LogP contribution in [0.15, 0.2) is 48.1 Å². The lowest BCUT2D eigenvalue weighted by Gasteiger charge is -2.26. The van der Waals surface area contributed by atoms with Crippen molar-refractivity contribution >= 4 is 23.8 Å². The SMILES string of the molecule is COC(=O)[C@H]1CC(C(=O)/C=C/c2ccccc2)=CC[C@H]1C(=O)OC. The van der Waals surface area contributed by atoms with Crippen molar-refractivity contribution in [3.8, 4) is 0 Å². The number of allylic oxidation sites excluding steroid dienone is 3. The second-order valence-corrected chi connectivity index (χ2v) is 5.54. The van der Waals surface area contributed by atoms with E-state index in [4.69, 9.17) is 9.47 Å². The van der Waals surface area contributed by atoms with E-state index in [-0.39, 0.29) is 18.6 Å². The molecule has 0 bridgehead atoms. The maximum absolute atomic E-state index is 12.4. The molecular weight excluding hydrogens is 308 g/mol. The van der Waals surface area contributed by atoms with Gasteiger partial charge in [-0.25, -0.2) is 0 Å². The number of ether oxygens (including phenoxy) is 2. The standard InChI is InChI=1S/C19H20O5/c1-23-18(21)15-10-9-14(12-16(15)19(22)24-2)17(20)11-8-13-6-4-3-5-7-13/h3-9,11,15-16H,10,12H2,1-2H3/b11-8+/t15-,16+/m1/s1. The summed E-state index contributed by atoms with van der Waals surface area (Å²) in [5.41, 5.74) is 1.43. The summed E-state index contributed by atoms with van der Waals surface area (Å²) < 4.78 is 9.51. The Hall–Kier alpha value is -2.69. The van der Waals surface area contributed by atoms with Crippen LogP contribution in [0.2, 0.25) is 0 Å². The van der Waals surface area contributed by atoms with Gasteiger partial charge in [0.15, 0.2) is 5.78 Å². The Kier molecular flexibility index (Phi) is 6.07. The van der Waals surface area contributed by atoms with Crippen molar-refractivity contribution in [2.45, 2.75) is 12.8 Å². The van der Waals surface area contributed by atoms with E-state index in [0.717, 1.165) is 5.56 Å². The number of carbonyl (C=O) groups is 3. The number of hydrogen-bond donors (Lipinski definition) is 0. The highest BCUT2D eigenvalue weighted by Gasteiger charge is 2.38. The van der Waals surface area contributed by atoms with Crippen molar-refractivity contribution in [3.63, 3.8) is 0 Å². The van der Waals surface area contributed by atoms with Crippen molar-refractivity contribution in [3.05, 3.63) is 53.6 Å². The number of carbonyl (C=O) groups excluding carboxylic acids is 3. The molecule has 2 rings (SSSR count). The van der Waals surface area contributed by atoms with Crippen LogP contribution in [0.4, 0.5) is 0 Å². The molecule has 0 unspecified atom stereocenters. The number of benzene rings is 1. The third kappa shape index (κ3) is 4.19. The molecule has 1 aromatic carbocycles. The second-order valence-electron chi connectivity index (χ2n) is 5.54. The van der Waals surface area contributed by atoms with Crippen LogP contribution in [-0.4, -0.2) is 31.9 Å². The average molecular weight is 328 g/mol. The highest BCUT2D eigenvalue weighted by atomic mass is 16.5. The summed E-state index contributed by atoms with van der Waals surface area (Å²) in [6.07, 6.45) is 5.37. The molecule has 5 heteroatoms. The van der Waals surface area contributed by atoms with E-state index in [9.17, 15) is 14.4 Å². The topological polar surface area (TPSA) is 69.7 Å². The van der Waals surface area contributed by atoms with Crippen molar-refractivity contribution in [1.29, 1.82) is 0 Å². The van der Waals surface area contributed by atoms with Crippen molar-refractivity contribution in [2.24, 2.45) is 11.8 Å². The van der Waals surface area contributed by atoms with Gasteiger partial charge in [-0.05, 0) is 30.1 Å². The Labute approximate surface area is 141 Å². The molecule has 0 N–H and O–H groups in total. The summed E-state index contributed by atoms with van der Waals surface area (Å²) >= 11 is 0. The molecule has 126 valence electrons. The van der Waals surface area contributed by atoms with E-state index in [2.05, 4.69) is 0 Å². The predicted octanol–water partition coefficient (Wildman–Crippen LogP) is 2.57. The van der Waals surface area contributed by atoms with Crippen LogP contribution in [0.5, 0.6) is 0 Å². The minimum Gasteiger partial charge on any atom is -0.469 e. The van der Waals surface area contributed by atoms with Crippen molar-refractivity contribution < 1.29 is 23.9 Å². The molecule has 0 aliphatic heterocycles. The first-order valence-corrected chi connectivity index (χ1v) is 7.69. The average Bonchev–Trinajstić information content (AvgIpc) is 2.65. The number of hydrogen-bond acceptors (Lipinski definition) is 5. The smallest absolute Gasteiger partial charge is 0.309 e. The molecule has 0 fully saturated rings. The summed E-state index contributed by atoms with van der Waals surface area (Å²) in [6.45, 7) is 0. The fraction of sp³-hybridized carbons (Fsp3) is 0.316. The van der Waals surface area contributed by atoms with Gasteiger partial charge in [-0.2, -0.15) is 0 Å². The normalized spacial score (nSPS) is 20.3. The zero-order chi connectivity index (χ0) is 17.5. The minimum absolute atomic E-state index is 0.170. The summed E-state index contributed by atoms with van der Waals surface area (Å²) in [5.74, 6) is -2.45. The fourth-order valence-corrected chi connectivity index (χ4v) is 2.75.